The first-order valence-corrected chi connectivity index (χ1v) is 6.19. The number of anilines is 1. The molecule has 1 aromatic carbocycles. The Bertz CT molecular complexity index is 429. The highest BCUT2D eigenvalue weighted by Gasteiger charge is 2.22. The van der Waals surface area contributed by atoms with Crippen LogP contribution in [0.1, 0.15) is 13.3 Å². The Morgan fingerprint density at radius 1 is 1.37 bits per heavy atom. The normalized spacial score (nSPS) is 11.8. The standard InChI is InChI=1S/C14H21NO4/c1-5-10(9-16)14(17)15(2)12-7-6-11(18-3)8-13(12)19-4/h6-8,10,16H,5,9H2,1-4H3. The number of benzene rings is 1. The van der Waals surface area contributed by atoms with Crippen molar-refractivity contribution in [2.75, 3.05) is 32.8 Å². The molecule has 1 amide bonds. The second-order valence-electron chi connectivity index (χ2n) is 4.22. The molecule has 0 spiro atoms. The summed E-state index contributed by atoms with van der Waals surface area (Å²) in [5, 5.41) is 9.20. The number of hydrogen-bond donors (Lipinski definition) is 1. The average molecular weight is 267 g/mol. The van der Waals surface area contributed by atoms with Crippen LogP contribution in [0, 0.1) is 5.92 Å². The van der Waals surface area contributed by atoms with Crippen LogP contribution in [-0.2, 0) is 4.79 Å². The molecule has 1 aromatic rings. The van der Waals surface area contributed by atoms with E-state index < -0.39 is 5.92 Å². The lowest BCUT2D eigenvalue weighted by Crippen LogP contribution is -2.34. The third-order valence-corrected chi connectivity index (χ3v) is 3.14. The summed E-state index contributed by atoms with van der Waals surface area (Å²) < 4.78 is 10.4. The van der Waals surface area contributed by atoms with E-state index in [0.717, 1.165) is 0 Å². The molecule has 5 heteroatoms. The molecule has 106 valence electrons. The molecule has 0 saturated heterocycles. The Hall–Kier alpha value is -1.75. The van der Waals surface area contributed by atoms with Gasteiger partial charge in [-0.25, -0.2) is 0 Å². The van der Waals surface area contributed by atoms with Crippen LogP contribution in [0.2, 0.25) is 0 Å². The number of aliphatic hydroxyl groups excluding tert-OH is 1. The molecule has 0 fully saturated rings. The first-order chi connectivity index (χ1) is 9.08. The molecular weight excluding hydrogens is 246 g/mol. The second-order valence-corrected chi connectivity index (χ2v) is 4.22. The first kappa shape index (κ1) is 15.3. The topological polar surface area (TPSA) is 59.0 Å². The Morgan fingerprint density at radius 3 is 2.53 bits per heavy atom. The maximum absolute atomic E-state index is 12.2. The van der Waals surface area contributed by atoms with Gasteiger partial charge in [0, 0.05) is 13.1 Å². The van der Waals surface area contributed by atoms with Gasteiger partial charge in [-0.1, -0.05) is 6.92 Å². The first-order valence-electron chi connectivity index (χ1n) is 6.19. The fraction of sp³-hybridized carbons (Fsp3) is 0.500. The smallest absolute Gasteiger partial charge is 0.232 e. The van der Waals surface area contributed by atoms with Crippen molar-refractivity contribution in [3.8, 4) is 11.5 Å². The fourth-order valence-electron chi connectivity index (χ4n) is 1.84. The van der Waals surface area contributed by atoms with E-state index in [9.17, 15) is 9.90 Å². The SMILES string of the molecule is CCC(CO)C(=O)N(C)c1ccc(OC)cc1OC. The number of ether oxygens (including phenoxy) is 2. The second kappa shape index (κ2) is 6.99. The number of amides is 1. The maximum Gasteiger partial charge on any atom is 0.232 e. The lowest BCUT2D eigenvalue weighted by atomic mass is 10.1. The van der Waals surface area contributed by atoms with Crippen LogP contribution < -0.4 is 14.4 Å². The van der Waals surface area contributed by atoms with Crippen LogP contribution in [0.25, 0.3) is 0 Å². The van der Waals surface area contributed by atoms with Crippen molar-refractivity contribution in [1.29, 1.82) is 0 Å². The van der Waals surface area contributed by atoms with Gasteiger partial charge in [0.2, 0.25) is 5.91 Å². The number of hydrogen-bond acceptors (Lipinski definition) is 4. The minimum Gasteiger partial charge on any atom is -0.497 e. The zero-order valence-electron chi connectivity index (χ0n) is 11.8. The molecule has 0 aromatic heterocycles. The Kier molecular flexibility index (Phi) is 5.63. The molecule has 1 unspecified atom stereocenters. The molecule has 19 heavy (non-hydrogen) atoms. The molecule has 0 aliphatic heterocycles. The van der Waals surface area contributed by atoms with Crippen molar-refractivity contribution < 1.29 is 19.4 Å². The van der Waals surface area contributed by atoms with Crippen LogP contribution in [0.5, 0.6) is 11.5 Å². The van der Waals surface area contributed by atoms with Gasteiger partial charge in [-0.05, 0) is 18.6 Å². The molecule has 1 N–H and O–H groups in total. The van der Waals surface area contributed by atoms with Gasteiger partial charge in [-0.3, -0.25) is 4.79 Å². The lowest BCUT2D eigenvalue weighted by Gasteiger charge is -2.24. The van der Waals surface area contributed by atoms with Crippen molar-refractivity contribution in [1.82, 2.24) is 0 Å². The number of aliphatic hydroxyl groups is 1. The summed E-state index contributed by atoms with van der Waals surface area (Å²) in [5.74, 6) is 0.698. The third-order valence-electron chi connectivity index (χ3n) is 3.14. The Morgan fingerprint density at radius 2 is 2.05 bits per heavy atom. The Labute approximate surface area is 113 Å². The zero-order valence-corrected chi connectivity index (χ0v) is 11.8. The molecule has 5 nitrogen and oxygen atoms in total. The molecule has 0 heterocycles. The number of rotatable bonds is 6. The van der Waals surface area contributed by atoms with E-state index in [1.54, 1.807) is 39.5 Å². The van der Waals surface area contributed by atoms with Gasteiger partial charge in [0.15, 0.2) is 0 Å². The van der Waals surface area contributed by atoms with Crippen LogP contribution in [0.15, 0.2) is 18.2 Å². The van der Waals surface area contributed by atoms with Crippen molar-refractivity contribution in [3.63, 3.8) is 0 Å². The predicted molar refractivity (Wildman–Crippen MR) is 73.8 cm³/mol. The molecule has 0 saturated carbocycles. The van der Waals surface area contributed by atoms with E-state index in [1.807, 2.05) is 6.92 Å². The van der Waals surface area contributed by atoms with E-state index in [4.69, 9.17) is 9.47 Å². The highest BCUT2D eigenvalue weighted by Crippen LogP contribution is 2.32. The van der Waals surface area contributed by atoms with Gasteiger partial charge in [0.05, 0.1) is 32.4 Å². The summed E-state index contributed by atoms with van der Waals surface area (Å²) in [6.45, 7) is 1.72. The van der Waals surface area contributed by atoms with Gasteiger partial charge in [0.25, 0.3) is 0 Å². The van der Waals surface area contributed by atoms with E-state index in [2.05, 4.69) is 0 Å². The lowest BCUT2D eigenvalue weighted by molar-refractivity contribution is -0.123. The highest BCUT2D eigenvalue weighted by molar-refractivity contribution is 5.96. The molecule has 1 rings (SSSR count). The van der Waals surface area contributed by atoms with E-state index >= 15 is 0 Å². The third kappa shape index (κ3) is 3.38. The van der Waals surface area contributed by atoms with Crippen LogP contribution in [0.4, 0.5) is 5.69 Å². The van der Waals surface area contributed by atoms with Gasteiger partial charge in [-0.2, -0.15) is 0 Å². The van der Waals surface area contributed by atoms with Gasteiger partial charge in [0.1, 0.15) is 11.5 Å². The van der Waals surface area contributed by atoms with Gasteiger partial charge >= 0.3 is 0 Å². The highest BCUT2D eigenvalue weighted by atomic mass is 16.5. The average Bonchev–Trinajstić information content (AvgIpc) is 2.46. The van der Waals surface area contributed by atoms with Crippen molar-refractivity contribution >= 4 is 11.6 Å². The minimum atomic E-state index is -0.392. The van der Waals surface area contributed by atoms with E-state index in [1.165, 1.54) is 4.90 Å². The predicted octanol–water partition coefficient (Wildman–Crippen LogP) is 1.69. The largest absolute Gasteiger partial charge is 0.497 e. The zero-order chi connectivity index (χ0) is 14.4. The summed E-state index contributed by atoms with van der Waals surface area (Å²) in [6, 6.07) is 5.25. The van der Waals surface area contributed by atoms with Crippen molar-refractivity contribution in [2.24, 2.45) is 5.92 Å². The summed E-state index contributed by atoms with van der Waals surface area (Å²) in [7, 11) is 4.78. The monoisotopic (exact) mass is 267 g/mol. The summed E-state index contributed by atoms with van der Waals surface area (Å²) in [5.41, 5.74) is 0.653. The van der Waals surface area contributed by atoms with Gasteiger partial charge < -0.3 is 19.5 Å². The molecule has 0 aliphatic carbocycles. The fourth-order valence-corrected chi connectivity index (χ4v) is 1.84. The van der Waals surface area contributed by atoms with Crippen LogP contribution in [0.3, 0.4) is 0 Å². The van der Waals surface area contributed by atoms with Crippen molar-refractivity contribution in [2.45, 2.75) is 13.3 Å². The van der Waals surface area contributed by atoms with E-state index in [0.29, 0.717) is 23.6 Å². The quantitative estimate of drug-likeness (QED) is 0.852. The van der Waals surface area contributed by atoms with Crippen LogP contribution >= 0.6 is 0 Å². The number of nitrogens with zero attached hydrogens (tertiary/aromatic N) is 1. The summed E-state index contributed by atoms with van der Waals surface area (Å²) in [4.78, 5) is 13.7. The minimum absolute atomic E-state index is 0.131. The summed E-state index contributed by atoms with van der Waals surface area (Å²) in [6.07, 6.45) is 0.595. The van der Waals surface area contributed by atoms with Crippen molar-refractivity contribution in [3.05, 3.63) is 18.2 Å². The van der Waals surface area contributed by atoms with E-state index in [-0.39, 0.29) is 12.5 Å². The number of carbonyl (C=O) groups is 1. The molecule has 0 radical (unpaired) electrons. The number of carbonyl (C=O) groups excluding carboxylic acids is 1. The molecule has 1 atom stereocenters. The Balaban J connectivity index is 3.04. The van der Waals surface area contributed by atoms with Gasteiger partial charge in [-0.15, -0.1) is 0 Å². The summed E-state index contributed by atoms with van der Waals surface area (Å²) >= 11 is 0. The molecule has 0 bridgehead atoms. The molecule has 0 aliphatic rings. The molecular formula is C14H21NO4. The van der Waals surface area contributed by atoms with Crippen LogP contribution in [-0.4, -0.2) is 38.9 Å². The maximum atomic E-state index is 12.2. The number of methoxy groups -OCH3 is 2.